The highest BCUT2D eigenvalue weighted by Gasteiger charge is 2.24. The zero-order valence-corrected chi connectivity index (χ0v) is 17.3. The molecule has 0 saturated heterocycles. The fourth-order valence-corrected chi connectivity index (χ4v) is 4.41. The highest BCUT2D eigenvalue weighted by atomic mass is 35.5. The zero-order valence-electron chi connectivity index (χ0n) is 16.6. The SMILES string of the molecule is O=C(N/N=C1\CCc2c(Cl)ccc(O)c21)c1cccc(C(=O)NC2CCCCC2)c1. The molecule has 0 radical (unpaired) electrons. The molecule has 2 aliphatic rings. The van der Waals surface area contributed by atoms with Gasteiger partial charge in [0.05, 0.1) is 5.71 Å². The standard InChI is InChI=1S/C23H24ClN3O3/c24-18-10-12-20(28)21-17(18)9-11-19(21)26-27-23(30)15-6-4-5-14(13-15)22(29)25-16-7-2-1-3-8-16/h4-6,10,12-13,16,28H,1-3,7-9,11H2,(H,25,29)(H,27,30)/b26-19+. The number of phenolic OH excluding ortho intramolecular Hbond substituents is 1. The van der Waals surface area contributed by atoms with Crippen molar-refractivity contribution in [1.29, 1.82) is 0 Å². The van der Waals surface area contributed by atoms with Crippen LogP contribution in [0.4, 0.5) is 0 Å². The van der Waals surface area contributed by atoms with Gasteiger partial charge in [-0.15, -0.1) is 0 Å². The average Bonchev–Trinajstić information content (AvgIpc) is 3.21. The Hall–Kier alpha value is -2.86. The summed E-state index contributed by atoms with van der Waals surface area (Å²) < 4.78 is 0. The number of carbonyl (C=O) groups excluding carboxylic acids is 2. The van der Waals surface area contributed by atoms with E-state index < -0.39 is 5.91 Å². The molecule has 3 N–H and O–H groups in total. The van der Waals surface area contributed by atoms with Crippen LogP contribution in [0.5, 0.6) is 5.75 Å². The van der Waals surface area contributed by atoms with Crippen LogP contribution >= 0.6 is 11.6 Å². The molecule has 0 bridgehead atoms. The van der Waals surface area contributed by atoms with E-state index in [0.717, 1.165) is 31.2 Å². The van der Waals surface area contributed by atoms with Crippen LogP contribution in [0.25, 0.3) is 0 Å². The van der Waals surface area contributed by atoms with Gasteiger partial charge in [-0.05, 0) is 61.6 Å². The lowest BCUT2D eigenvalue weighted by atomic mass is 9.95. The van der Waals surface area contributed by atoms with Gasteiger partial charge in [0, 0.05) is 27.8 Å². The lowest BCUT2D eigenvalue weighted by Crippen LogP contribution is -2.36. The molecule has 2 aliphatic carbocycles. The van der Waals surface area contributed by atoms with E-state index in [-0.39, 0.29) is 17.7 Å². The Labute approximate surface area is 180 Å². The first-order valence-corrected chi connectivity index (χ1v) is 10.7. The molecule has 0 heterocycles. The Bertz CT molecular complexity index is 1010. The summed E-state index contributed by atoms with van der Waals surface area (Å²) in [6.07, 6.45) is 6.74. The Morgan fingerprint density at radius 3 is 2.50 bits per heavy atom. The topological polar surface area (TPSA) is 90.8 Å². The summed E-state index contributed by atoms with van der Waals surface area (Å²) in [6.45, 7) is 0. The van der Waals surface area contributed by atoms with Crippen molar-refractivity contribution < 1.29 is 14.7 Å². The number of rotatable bonds is 4. The highest BCUT2D eigenvalue weighted by molar-refractivity contribution is 6.32. The molecule has 2 amide bonds. The maximum atomic E-state index is 12.6. The third kappa shape index (κ3) is 4.33. The number of hydrogen-bond acceptors (Lipinski definition) is 4. The molecule has 156 valence electrons. The van der Waals surface area contributed by atoms with Crippen molar-refractivity contribution >= 4 is 29.1 Å². The number of hydrogen-bond donors (Lipinski definition) is 3. The van der Waals surface area contributed by atoms with Gasteiger partial charge in [-0.3, -0.25) is 9.59 Å². The lowest BCUT2D eigenvalue weighted by Gasteiger charge is -2.22. The largest absolute Gasteiger partial charge is 0.507 e. The molecule has 0 aromatic heterocycles. The van der Waals surface area contributed by atoms with Crippen LogP contribution in [-0.4, -0.2) is 28.7 Å². The van der Waals surface area contributed by atoms with Crippen molar-refractivity contribution in [2.45, 2.75) is 51.0 Å². The summed E-state index contributed by atoms with van der Waals surface area (Å²) in [5.74, 6) is -0.474. The Balaban J connectivity index is 1.45. The number of carbonyl (C=O) groups is 2. The second-order valence-electron chi connectivity index (χ2n) is 7.81. The molecule has 1 saturated carbocycles. The molecule has 7 heteroatoms. The van der Waals surface area contributed by atoms with Crippen molar-refractivity contribution in [2.24, 2.45) is 5.10 Å². The molecule has 0 atom stereocenters. The first-order valence-electron chi connectivity index (χ1n) is 10.3. The minimum atomic E-state index is -0.412. The van der Waals surface area contributed by atoms with Crippen molar-refractivity contribution in [1.82, 2.24) is 10.7 Å². The van der Waals surface area contributed by atoms with Gasteiger partial charge in [-0.25, -0.2) is 5.43 Å². The van der Waals surface area contributed by atoms with Crippen molar-refractivity contribution in [2.75, 3.05) is 0 Å². The number of halogens is 1. The monoisotopic (exact) mass is 425 g/mol. The third-order valence-corrected chi connectivity index (χ3v) is 6.11. The number of nitrogens with one attached hydrogen (secondary N) is 2. The van der Waals surface area contributed by atoms with Gasteiger partial charge in [0.15, 0.2) is 0 Å². The first kappa shape index (κ1) is 20.4. The number of nitrogens with zero attached hydrogens (tertiary/aromatic N) is 1. The summed E-state index contributed by atoms with van der Waals surface area (Å²) in [5.41, 5.74) is 5.36. The van der Waals surface area contributed by atoms with Gasteiger partial charge >= 0.3 is 0 Å². The molecule has 0 spiro atoms. The van der Waals surface area contributed by atoms with Gasteiger partial charge in [-0.1, -0.05) is 36.9 Å². The van der Waals surface area contributed by atoms with E-state index in [4.69, 9.17) is 11.6 Å². The van der Waals surface area contributed by atoms with E-state index in [0.29, 0.717) is 40.3 Å². The van der Waals surface area contributed by atoms with Crippen molar-refractivity contribution in [3.05, 3.63) is 63.7 Å². The highest BCUT2D eigenvalue weighted by Crippen LogP contribution is 2.35. The lowest BCUT2D eigenvalue weighted by molar-refractivity contribution is 0.0927. The van der Waals surface area contributed by atoms with E-state index in [1.54, 1.807) is 30.3 Å². The van der Waals surface area contributed by atoms with Crippen LogP contribution in [0.3, 0.4) is 0 Å². The minimum Gasteiger partial charge on any atom is -0.507 e. The number of hydrazone groups is 1. The molecule has 0 aliphatic heterocycles. The number of phenols is 1. The predicted octanol–water partition coefficient (Wildman–Crippen LogP) is 4.19. The summed E-state index contributed by atoms with van der Waals surface area (Å²) in [5, 5.41) is 18.0. The fourth-order valence-electron chi connectivity index (χ4n) is 4.16. The van der Waals surface area contributed by atoms with Crippen molar-refractivity contribution in [3.63, 3.8) is 0 Å². The molecule has 1 fully saturated rings. The quantitative estimate of drug-likeness (QED) is 0.641. The van der Waals surface area contributed by atoms with Crippen LogP contribution in [0.1, 0.15) is 70.4 Å². The maximum absolute atomic E-state index is 12.6. The second-order valence-corrected chi connectivity index (χ2v) is 8.22. The Morgan fingerprint density at radius 1 is 1.00 bits per heavy atom. The number of benzene rings is 2. The smallest absolute Gasteiger partial charge is 0.271 e. The molecule has 2 aromatic carbocycles. The van der Waals surface area contributed by atoms with E-state index in [1.807, 2.05) is 0 Å². The number of aromatic hydroxyl groups is 1. The number of fused-ring (bicyclic) bond motifs is 1. The fraction of sp³-hybridized carbons (Fsp3) is 0.348. The average molecular weight is 426 g/mol. The zero-order chi connectivity index (χ0) is 21.1. The van der Waals surface area contributed by atoms with E-state index in [1.165, 1.54) is 12.5 Å². The Kier molecular flexibility index (Phi) is 6.04. The molecule has 2 aromatic rings. The van der Waals surface area contributed by atoms with Gasteiger partial charge in [-0.2, -0.15) is 5.10 Å². The first-order chi connectivity index (χ1) is 14.5. The van der Waals surface area contributed by atoms with Gasteiger partial charge in [0.1, 0.15) is 5.75 Å². The van der Waals surface area contributed by atoms with Crippen molar-refractivity contribution in [3.8, 4) is 5.75 Å². The van der Waals surface area contributed by atoms with E-state index >= 15 is 0 Å². The van der Waals surface area contributed by atoms with Crippen LogP contribution in [0.2, 0.25) is 5.02 Å². The van der Waals surface area contributed by atoms with Crippen LogP contribution in [-0.2, 0) is 6.42 Å². The molecular formula is C23H24ClN3O3. The normalized spacial score (nSPS) is 17.6. The number of amides is 2. The van der Waals surface area contributed by atoms with Gasteiger partial charge in [0.2, 0.25) is 0 Å². The molecular weight excluding hydrogens is 402 g/mol. The maximum Gasteiger partial charge on any atom is 0.271 e. The van der Waals surface area contributed by atoms with Crippen LogP contribution in [0.15, 0.2) is 41.5 Å². The van der Waals surface area contributed by atoms with Gasteiger partial charge < -0.3 is 10.4 Å². The van der Waals surface area contributed by atoms with Gasteiger partial charge in [0.25, 0.3) is 11.8 Å². The predicted molar refractivity (Wildman–Crippen MR) is 116 cm³/mol. The molecule has 30 heavy (non-hydrogen) atoms. The van der Waals surface area contributed by atoms with Crippen LogP contribution < -0.4 is 10.7 Å². The molecule has 4 rings (SSSR count). The molecule has 6 nitrogen and oxygen atoms in total. The summed E-state index contributed by atoms with van der Waals surface area (Å²) in [4.78, 5) is 25.1. The summed E-state index contributed by atoms with van der Waals surface area (Å²) in [6, 6.07) is 9.99. The summed E-state index contributed by atoms with van der Waals surface area (Å²) >= 11 is 6.19. The minimum absolute atomic E-state index is 0.0984. The van der Waals surface area contributed by atoms with E-state index in [9.17, 15) is 14.7 Å². The van der Waals surface area contributed by atoms with E-state index in [2.05, 4.69) is 15.8 Å². The Morgan fingerprint density at radius 2 is 1.73 bits per heavy atom. The van der Waals surface area contributed by atoms with Crippen LogP contribution in [0, 0.1) is 0 Å². The molecule has 0 unspecified atom stereocenters. The third-order valence-electron chi connectivity index (χ3n) is 5.75. The second kappa shape index (κ2) is 8.88. The summed E-state index contributed by atoms with van der Waals surface area (Å²) in [7, 11) is 0.